The van der Waals surface area contributed by atoms with Crippen LogP contribution in [-0.2, 0) is 4.79 Å². The van der Waals surface area contributed by atoms with Gasteiger partial charge in [-0.2, -0.15) is 0 Å². The van der Waals surface area contributed by atoms with E-state index in [-0.39, 0.29) is 5.91 Å². The van der Waals surface area contributed by atoms with Crippen LogP contribution >= 0.6 is 0 Å². The number of fused-ring (bicyclic) bond motifs is 5. The summed E-state index contributed by atoms with van der Waals surface area (Å²) in [6, 6.07) is 11.8. The molecular weight excluding hydrogens is 326 g/mol. The van der Waals surface area contributed by atoms with Gasteiger partial charge in [0.2, 0.25) is 5.91 Å². The molecule has 2 aliphatic carbocycles. The number of methoxy groups -OCH3 is 1. The summed E-state index contributed by atoms with van der Waals surface area (Å²) in [4.78, 5) is 12.6. The fourth-order valence-electron chi connectivity index (χ4n) is 5.08. The molecule has 4 heteroatoms. The molecule has 4 nitrogen and oxygen atoms in total. The number of carbonyl (C=O) groups is 1. The number of carbonyl (C=O) groups excluding carboxylic acids is 1. The van der Waals surface area contributed by atoms with Crippen molar-refractivity contribution < 1.29 is 13.9 Å². The van der Waals surface area contributed by atoms with Crippen molar-refractivity contribution in [3.63, 3.8) is 0 Å². The number of benzene rings is 2. The maximum atomic E-state index is 12.6. The van der Waals surface area contributed by atoms with Gasteiger partial charge in [-0.1, -0.05) is 24.6 Å². The number of amides is 1. The zero-order valence-electron chi connectivity index (χ0n) is 15.0. The molecule has 1 aromatic heterocycles. The first-order valence-corrected chi connectivity index (χ1v) is 9.50. The largest absolute Gasteiger partial charge is 0.495 e. The van der Waals surface area contributed by atoms with Crippen molar-refractivity contribution in [1.82, 2.24) is 0 Å². The van der Waals surface area contributed by atoms with Crippen molar-refractivity contribution in [2.75, 3.05) is 12.4 Å². The summed E-state index contributed by atoms with van der Waals surface area (Å²) in [5.74, 6) is 2.92. The first-order valence-electron chi connectivity index (χ1n) is 9.50. The van der Waals surface area contributed by atoms with Gasteiger partial charge in [0.1, 0.15) is 16.9 Å². The first kappa shape index (κ1) is 15.7. The van der Waals surface area contributed by atoms with E-state index >= 15 is 0 Å². The molecule has 2 saturated carbocycles. The highest BCUT2D eigenvalue weighted by Gasteiger charge is 2.40. The van der Waals surface area contributed by atoms with Crippen molar-refractivity contribution in [1.29, 1.82) is 0 Å². The zero-order valence-corrected chi connectivity index (χ0v) is 15.0. The Morgan fingerprint density at radius 2 is 2.04 bits per heavy atom. The Morgan fingerprint density at radius 3 is 2.81 bits per heavy atom. The van der Waals surface area contributed by atoms with Crippen molar-refractivity contribution in [3.8, 4) is 5.75 Å². The maximum absolute atomic E-state index is 12.6. The molecule has 2 aliphatic rings. The fourth-order valence-corrected chi connectivity index (χ4v) is 5.08. The highest BCUT2D eigenvalue weighted by molar-refractivity contribution is 6.07. The third-order valence-electron chi connectivity index (χ3n) is 6.31. The van der Waals surface area contributed by atoms with E-state index in [1.54, 1.807) is 7.11 Å². The van der Waals surface area contributed by atoms with Crippen LogP contribution in [-0.4, -0.2) is 13.0 Å². The van der Waals surface area contributed by atoms with Crippen LogP contribution in [0.3, 0.4) is 0 Å². The topological polar surface area (TPSA) is 51.5 Å². The molecule has 1 N–H and O–H groups in total. The predicted octanol–water partition coefficient (Wildman–Crippen LogP) is 5.36. The molecule has 134 valence electrons. The van der Waals surface area contributed by atoms with Crippen LogP contribution in [0.25, 0.3) is 21.9 Å². The maximum Gasteiger partial charge on any atom is 0.224 e. The summed E-state index contributed by atoms with van der Waals surface area (Å²) in [6.07, 6.45) is 5.82. The Hall–Kier alpha value is -2.49. The Bertz CT molecular complexity index is 990. The summed E-state index contributed by atoms with van der Waals surface area (Å²) in [5, 5.41) is 5.12. The molecule has 5 rings (SSSR count). The molecule has 2 fully saturated rings. The van der Waals surface area contributed by atoms with Gasteiger partial charge in [0.25, 0.3) is 0 Å². The molecule has 0 radical (unpaired) electrons. The van der Waals surface area contributed by atoms with Gasteiger partial charge in [-0.05, 0) is 49.1 Å². The summed E-state index contributed by atoms with van der Waals surface area (Å²) < 4.78 is 11.5. The van der Waals surface area contributed by atoms with Gasteiger partial charge in [0, 0.05) is 23.3 Å². The normalized spacial score (nSPS) is 24.4. The number of ether oxygens (including phenoxy) is 1. The van der Waals surface area contributed by atoms with Gasteiger partial charge in [-0.3, -0.25) is 4.79 Å². The standard InChI is InChI=1S/C22H23NO3/c1-25-21-11-17-16-4-2-3-5-19(16)26-20(17)12-18(21)23-22(24)10-15-9-13-6-7-14(15)8-13/h2-5,11-15H,6-10H2,1H3,(H,23,24)/t13-,14+,15+/m1/s1. The minimum absolute atomic E-state index is 0.0799. The fraction of sp³-hybridized carbons (Fsp3) is 0.409. The molecule has 0 saturated heterocycles. The number of rotatable bonds is 4. The van der Waals surface area contributed by atoms with E-state index in [0.717, 1.165) is 33.8 Å². The summed E-state index contributed by atoms with van der Waals surface area (Å²) >= 11 is 0. The van der Waals surface area contributed by atoms with Gasteiger partial charge in [-0.15, -0.1) is 0 Å². The highest BCUT2D eigenvalue weighted by Crippen LogP contribution is 2.49. The lowest BCUT2D eigenvalue weighted by molar-refractivity contribution is -0.117. The monoisotopic (exact) mass is 349 g/mol. The van der Waals surface area contributed by atoms with E-state index in [0.29, 0.717) is 23.8 Å². The van der Waals surface area contributed by atoms with E-state index in [4.69, 9.17) is 9.15 Å². The van der Waals surface area contributed by atoms with E-state index in [9.17, 15) is 4.79 Å². The van der Waals surface area contributed by atoms with Gasteiger partial charge < -0.3 is 14.5 Å². The molecule has 3 atom stereocenters. The van der Waals surface area contributed by atoms with Crippen molar-refractivity contribution in [3.05, 3.63) is 36.4 Å². The summed E-state index contributed by atoms with van der Waals surface area (Å²) in [6.45, 7) is 0. The van der Waals surface area contributed by atoms with Gasteiger partial charge in [-0.25, -0.2) is 0 Å². The lowest BCUT2D eigenvalue weighted by Gasteiger charge is -2.21. The van der Waals surface area contributed by atoms with Crippen molar-refractivity contribution >= 4 is 33.5 Å². The van der Waals surface area contributed by atoms with Crippen molar-refractivity contribution in [2.45, 2.75) is 32.1 Å². The molecule has 0 unspecified atom stereocenters. The lowest BCUT2D eigenvalue weighted by Crippen LogP contribution is -2.20. The molecule has 3 aromatic rings. The van der Waals surface area contributed by atoms with Gasteiger partial charge in [0.05, 0.1) is 12.8 Å². The van der Waals surface area contributed by atoms with Crippen LogP contribution in [0.2, 0.25) is 0 Å². The third-order valence-corrected chi connectivity index (χ3v) is 6.31. The number of hydrogen-bond acceptors (Lipinski definition) is 3. The van der Waals surface area contributed by atoms with Crippen LogP contribution < -0.4 is 10.1 Å². The van der Waals surface area contributed by atoms with Crippen LogP contribution in [0.1, 0.15) is 32.1 Å². The van der Waals surface area contributed by atoms with E-state index in [1.807, 2.05) is 36.4 Å². The summed E-state index contributed by atoms with van der Waals surface area (Å²) in [5.41, 5.74) is 2.30. The molecule has 0 aliphatic heterocycles. The third kappa shape index (κ3) is 2.56. The number of hydrogen-bond donors (Lipinski definition) is 1. The van der Waals surface area contributed by atoms with Crippen LogP contribution in [0.4, 0.5) is 5.69 Å². The molecule has 0 spiro atoms. The van der Waals surface area contributed by atoms with Gasteiger partial charge >= 0.3 is 0 Å². The second kappa shape index (κ2) is 6.04. The van der Waals surface area contributed by atoms with Crippen LogP contribution in [0.5, 0.6) is 5.75 Å². The SMILES string of the molecule is COc1cc2c(cc1NC(=O)C[C@@H]1C[C@@H]3CC[C@H]1C3)oc1ccccc12. The number of anilines is 1. The molecular formula is C22H23NO3. The number of para-hydroxylation sites is 1. The Morgan fingerprint density at radius 1 is 1.15 bits per heavy atom. The quantitative estimate of drug-likeness (QED) is 0.690. The molecule has 1 amide bonds. The van der Waals surface area contributed by atoms with E-state index < -0.39 is 0 Å². The van der Waals surface area contributed by atoms with E-state index in [1.165, 1.54) is 25.7 Å². The molecule has 26 heavy (non-hydrogen) atoms. The predicted molar refractivity (Wildman–Crippen MR) is 102 cm³/mol. The van der Waals surface area contributed by atoms with Gasteiger partial charge in [0.15, 0.2) is 0 Å². The Balaban J connectivity index is 1.42. The molecule has 2 bridgehead atoms. The first-order chi connectivity index (χ1) is 12.7. The smallest absolute Gasteiger partial charge is 0.224 e. The average molecular weight is 349 g/mol. The van der Waals surface area contributed by atoms with Crippen molar-refractivity contribution in [2.24, 2.45) is 17.8 Å². The second-order valence-electron chi connectivity index (χ2n) is 7.83. The van der Waals surface area contributed by atoms with Crippen LogP contribution in [0.15, 0.2) is 40.8 Å². The number of nitrogens with one attached hydrogen (secondary N) is 1. The average Bonchev–Trinajstić information content (AvgIpc) is 3.34. The molecule has 2 aromatic carbocycles. The zero-order chi connectivity index (χ0) is 17.7. The minimum Gasteiger partial charge on any atom is -0.495 e. The van der Waals surface area contributed by atoms with E-state index in [2.05, 4.69) is 5.32 Å². The molecule has 1 heterocycles. The Kier molecular flexibility index (Phi) is 3.66. The second-order valence-corrected chi connectivity index (χ2v) is 7.83. The Labute approximate surface area is 152 Å². The number of furan rings is 1. The van der Waals surface area contributed by atoms with Crippen LogP contribution in [0, 0.1) is 17.8 Å². The summed E-state index contributed by atoms with van der Waals surface area (Å²) in [7, 11) is 1.63. The minimum atomic E-state index is 0.0799. The lowest BCUT2D eigenvalue weighted by atomic mass is 9.86. The highest BCUT2D eigenvalue weighted by atomic mass is 16.5.